The van der Waals surface area contributed by atoms with Gasteiger partial charge in [-0.2, -0.15) is 0 Å². The highest BCUT2D eigenvalue weighted by Gasteiger charge is 2.21. The molecule has 0 bridgehead atoms. The third-order valence-corrected chi connectivity index (χ3v) is 7.33. The molecular weight excluding hydrogens is 400 g/mol. The van der Waals surface area contributed by atoms with Gasteiger partial charge in [0.1, 0.15) is 10.6 Å². The van der Waals surface area contributed by atoms with E-state index in [-0.39, 0.29) is 5.56 Å². The van der Waals surface area contributed by atoms with Crippen LogP contribution in [0.1, 0.15) is 35.3 Å². The highest BCUT2D eigenvalue weighted by molar-refractivity contribution is 7.99. The number of thioether (sulfide) groups is 1. The van der Waals surface area contributed by atoms with E-state index in [1.54, 1.807) is 33.7 Å². The number of hydrogen-bond donors (Lipinski definition) is 0. The summed E-state index contributed by atoms with van der Waals surface area (Å²) in [6.45, 7) is 6.94. The molecule has 0 spiro atoms. The molecule has 2 heterocycles. The van der Waals surface area contributed by atoms with Gasteiger partial charge in [-0.25, -0.2) is 4.98 Å². The van der Waals surface area contributed by atoms with E-state index in [2.05, 4.69) is 13.5 Å². The minimum atomic E-state index is 0.0799. The minimum absolute atomic E-state index is 0.0799. The van der Waals surface area contributed by atoms with Gasteiger partial charge in [-0.1, -0.05) is 42.0 Å². The van der Waals surface area contributed by atoms with Crippen molar-refractivity contribution in [2.75, 3.05) is 12.4 Å². The lowest BCUT2D eigenvalue weighted by atomic mass is 10.1. The van der Waals surface area contributed by atoms with E-state index >= 15 is 0 Å². The van der Waals surface area contributed by atoms with Gasteiger partial charge in [0.25, 0.3) is 5.56 Å². The van der Waals surface area contributed by atoms with Crippen molar-refractivity contribution >= 4 is 33.3 Å². The fraction of sp³-hybridized carbons (Fsp3) is 0.391. The molecule has 1 aliphatic rings. The summed E-state index contributed by atoms with van der Waals surface area (Å²) >= 11 is 3.28. The van der Waals surface area contributed by atoms with E-state index in [4.69, 9.17) is 9.72 Å². The van der Waals surface area contributed by atoms with Crippen LogP contribution in [0.25, 0.3) is 10.2 Å². The molecule has 0 saturated heterocycles. The Labute approximate surface area is 179 Å². The van der Waals surface area contributed by atoms with Crippen molar-refractivity contribution in [3.05, 3.63) is 63.3 Å². The van der Waals surface area contributed by atoms with Gasteiger partial charge in [-0.05, 0) is 50.3 Å². The zero-order chi connectivity index (χ0) is 20.2. The first-order valence-corrected chi connectivity index (χ1v) is 12.0. The number of benzene rings is 1. The molecule has 1 aromatic carbocycles. The summed E-state index contributed by atoms with van der Waals surface area (Å²) in [6.07, 6.45) is 7.45. The number of aryl methyl sites for hydroxylation is 3. The predicted molar refractivity (Wildman–Crippen MR) is 123 cm³/mol. The lowest BCUT2D eigenvalue weighted by Gasteiger charge is -2.11. The van der Waals surface area contributed by atoms with Gasteiger partial charge in [-0.15, -0.1) is 17.9 Å². The van der Waals surface area contributed by atoms with Gasteiger partial charge in [-0.3, -0.25) is 9.36 Å². The third kappa shape index (κ3) is 4.43. The van der Waals surface area contributed by atoms with Crippen LogP contribution in [0.3, 0.4) is 0 Å². The van der Waals surface area contributed by atoms with Crippen molar-refractivity contribution in [3.8, 4) is 5.75 Å². The maximum atomic E-state index is 13.3. The molecule has 0 saturated carbocycles. The number of rotatable bonds is 7. The number of ether oxygens (including phenoxy) is 1. The molecule has 0 amide bonds. The summed E-state index contributed by atoms with van der Waals surface area (Å²) in [5.74, 6) is 1.60. The molecule has 0 aliphatic heterocycles. The molecule has 152 valence electrons. The minimum Gasteiger partial charge on any atom is -0.493 e. The summed E-state index contributed by atoms with van der Waals surface area (Å²) in [5, 5.41) is 1.60. The summed E-state index contributed by atoms with van der Waals surface area (Å²) in [4.78, 5) is 20.4. The van der Waals surface area contributed by atoms with Crippen LogP contribution >= 0.6 is 23.1 Å². The lowest BCUT2D eigenvalue weighted by Crippen LogP contribution is -2.23. The number of allylic oxidation sites excluding steroid dienone is 1. The first kappa shape index (κ1) is 20.2. The monoisotopic (exact) mass is 426 g/mol. The fourth-order valence-electron chi connectivity index (χ4n) is 3.72. The molecule has 0 N–H and O–H groups in total. The summed E-state index contributed by atoms with van der Waals surface area (Å²) in [7, 11) is 0. The van der Waals surface area contributed by atoms with Crippen molar-refractivity contribution in [2.24, 2.45) is 0 Å². The van der Waals surface area contributed by atoms with E-state index in [1.165, 1.54) is 28.8 Å². The zero-order valence-corrected chi connectivity index (χ0v) is 18.4. The second kappa shape index (κ2) is 9.18. The van der Waals surface area contributed by atoms with E-state index in [9.17, 15) is 4.79 Å². The second-order valence-electron chi connectivity index (χ2n) is 7.35. The molecule has 1 aliphatic carbocycles. The van der Waals surface area contributed by atoms with Gasteiger partial charge >= 0.3 is 0 Å². The molecule has 3 aromatic rings. The largest absolute Gasteiger partial charge is 0.493 e. The normalized spacial score (nSPS) is 13.8. The first-order chi connectivity index (χ1) is 14.2. The zero-order valence-electron chi connectivity index (χ0n) is 16.8. The summed E-state index contributed by atoms with van der Waals surface area (Å²) in [5.41, 5.74) is 2.54. The average Bonchev–Trinajstić information content (AvgIpc) is 2.90. The quantitative estimate of drug-likeness (QED) is 0.167. The smallest absolute Gasteiger partial charge is 0.263 e. The second-order valence-corrected chi connectivity index (χ2v) is 9.50. The van der Waals surface area contributed by atoms with Crippen molar-refractivity contribution in [1.82, 2.24) is 9.55 Å². The first-order valence-electron chi connectivity index (χ1n) is 10.2. The van der Waals surface area contributed by atoms with Gasteiger partial charge in [0.05, 0.1) is 12.0 Å². The molecule has 29 heavy (non-hydrogen) atoms. The topological polar surface area (TPSA) is 44.1 Å². The maximum absolute atomic E-state index is 13.3. The molecule has 0 radical (unpaired) electrons. The average molecular weight is 427 g/mol. The Hall–Kier alpha value is -2.05. The van der Waals surface area contributed by atoms with Crippen molar-refractivity contribution < 1.29 is 4.74 Å². The third-order valence-electron chi connectivity index (χ3n) is 5.21. The van der Waals surface area contributed by atoms with E-state index in [0.717, 1.165) is 46.1 Å². The van der Waals surface area contributed by atoms with Gasteiger partial charge in [0, 0.05) is 17.2 Å². The fourth-order valence-corrected chi connectivity index (χ4v) is 5.85. The van der Waals surface area contributed by atoms with Crippen molar-refractivity contribution in [1.29, 1.82) is 0 Å². The predicted octanol–water partition coefficient (Wildman–Crippen LogP) is 5.39. The number of hydrogen-bond acceptors (Lipinski definition) is 5. The number of thiophene rings is 1. The van der Waals surface area contributed by atoms with Crippen LogP contribution in [-0.2, 0) is 19.4 Å². The summed E-state index contributed by atoms with van der Waals surface area (Å²) < 4.78 is 7.59. The Morgan fingerprint density at radius 2 is 2.03 bits per heavy atom. The Balaban J connectivity index is 1.56. The van der Waals surface area contributed by atoms with E-state index in [0.29, 0.717) is 13.2 Å². The van der Waals surface area contributed by atoms with E-state index in [1.807, 2.05) is 24.3 Å². The molecule has 6 heteroatoms. The Morgan fingerprint density at radius 3 is 2.83 bits per heavy atom. The molecule has 0 fully saturated rings. The van der Waals surface area contributed by atoms with Crippen LogP contribution in [-0.4, -0.2) is 21.9 Å². The molecule has 2 aromatic heterocycles. The van der Waals surface area contributed by atoms with Crippen LogP contribution in [0.2, 0.25) is 0 Å². The molecule has 4 nitrogen and oxygen atoms in total. The number of nitrogens with zero attached hydrogens (tertiary/aromatic N) is 2. The summed E-state index contributed by atoms with van der Waals surface area (Å²) in [6, 6.07) is 8.05. The Bertz CT molecular complexity index is 1070. The van der Waals surface area contributed by atoms with Crippen LogP contribution in [0, 0.1) is 6.92 Å². The van der Waals surface area contributed by atoms with Crippen LogP contribution < -0.4 is 10.3 Å². The molecular formula is C23H26N2O2S2. The van der Waals surface area contributed by atoms with Crippen molar-refractivity contribution in [3.63, 3.8) is 0 Å². The Morgan fingerprint density at radius 1 is 1.24 bits per heavy atom. The molecule has 0 unspecified atom stereocenters. The van der Waals surface area contributed by atoms with Crippen LogP contribution in [0.15, 0.2) is 46.9 Å². The molecule has 4 rings (SSSR count). The van der Waals surface area contributed by atoms with Crippen molar-refractivity contribution in [2.45, 2.75) is 50.7 Å². The number of fused-ring (bicyclic) bond motifs is 3. The van der Waals surface area contributed by atoms with Crippen LogP contribution in [0.4, 0.5) is 0 Å². The highest BCUT2D eigenvalue weighted by Crippen LogP contribution is 2.34. The maximum Gasteiger partial charge on any atom is 0.263 e. The van der Waals surface area contributed by atoms with Crippen LogP contribution in [0.5, 0.6) is 5.75 Å². The molecule has 0 atom stereocenters. The SMILES string of the molecule is C=CCn1c(SCCOc2ccc(C)cc2)nc2sc3c(c2c1=O)CCCCC3. The van der Waals surface area contributed by atoms with E-state index < -0.39 is 0 Å². The standard InChI is InChI=1S/C23H26N2O2S2/c1-3-13-25-22(26)20-18-7-5-4-6-8-19(18)29-21(20)24-23(25)28-15-14-27-17-11-9-16(2)10-12-17/h3,9-12H,1,4-8,13-15H2,2H3. The lowest BCUT2D eigenvalue weighted by molar-refractivity contribution is 0.343. The van der Waals surface area contributed by atoms with Gasteiger partial charge < -0.3 is 4.74 Å². The van der Waals surface area contributed by atoms with Gasteiger partial charge in [0.2, 0.25) is 0 Å². The Kier molecular flexibility index (Phi) is 6.40. The number of aromatic nitrogens is 2. The van der Waals surface area contributed by atoms with Gasteiger partial charge in [0.15, 0.2) is 5.16 Å². The highest BCUT2D eigenvalue weighted by atomic mass is 32.2.